The Morgan fingerprint density at radius 2 is 1.87 bits per heavy atom. The van der Waals surface area contributed by atoms with E-state index in [9.17, 15) is 9.90 Å². The number of nitrogens with one attached hydrogen (secondary N) is 1. The Bertz CT molecular complexity index is 1210. The average Bonchev–Trinajstić information content (AvgIpc) is 2.80. The lowest BCUT2D eigenvalue weighted by molar-refractivity contribution is 0.0943. The van der Waals surface area contributed by atoms with E-state index in [4.69, 9.17) is 11.6 Å². The number of pyridine rings is 2. The predicted octanol–water partition coefficient (Wildman–Crippen LogP) is 5.17. The van der Waals surface area contributed by atoms with Crippen LogP contribution in [-0.4, -0.2) is 21.0 Å². The minimum absolute atomic E-state index is 0.0239. The van der Waals surface area contributed by atoms with Crippen molar-refractivity contribution in [3.63, 3.8) is 0 Å². The smallest absolute Gasteiger partial charge is 0.253 e. The van der Waals surface area contributed by atoms with Gasteiger partial charge in [-0.1, -0.05) is 54.1 Å². The van der Waals surface area contributed by atoms with E-state index in [1.807, 2.05) is 42.5 Å². The third-order valence-electron chi connectivity index (χ3n) is 4.67. The van der Waals surface area contributed by atoms with Crippen LogP contribution in [0.15, 0.2) is 85.3 Å². The maximum Gasteiger partial charge on any atom is 0.253 e. The summed E-state index contributed by atoms with van der Waals surface area (Å²) in [5.74, 6) is -0.341. The van der Waals surface area contributed by atoms with Gasteiger partial charge in [0.1, 0.15) is 11.3 Å². The van der Waals surface area contributed by atoms with Crippen LogP contribution in [-0.2, 0) is 0 Å². The van der Waals surface area contributed by atoms with E-state index >= 15 is 0 Å². The van der Waals surface area contributed by atoms with E-state index in [1.54, 1.807) is 42.7 Å². The molecular weight excluding hydrogens is 398 g/mol. The molecular formula is C24H18ClN3O2. The number of hydrogen-bond donors (Lipinski definition) is 2. The molecule has 0 radical (unpaired) electrons. The maximum atomic E-state index is 12.8. The van der Waals surface area contributed by atoms with Crippen molar-refractivity contribution in [2.75, 3.05) is 0 Å². The Morgan fingerprint density at radius 1 is 1.07 bits per heavy atom. The minimum atomic E-state index is -0.637. The number of phenols is 1. The fourth-order valence-electron chi connectivity index (χ4n) is 3.17. The van der Waals surface area contributed by atoms with Gasteiger partial charge < -0.3 is 10.4 Å². The molecule has 2 heterocycles. The summed E-state index contributed by atoms with van der Waals surface area (Å²) in [5.41, 5.74) is 2.21. The lowest BCUT2D eigenvalue weighted by Gasteiger charge is -2.18. The number of nitrogens with zero attached hydrogens (tertiary/aromatic N) is 2. The molecule has 148 valence electrons. The number of hydrogen-bond acceptors (Lipinski definition) is 4. The topological polar surface area (TPSA) is 75.1 Å². The van der Waals surface area contributed by atoms with Gasteiger partial charge in [0.05, 0.1) is 16.6 Å². The van der Waals surface area contributed by atoms with Gasteiger partial charge in [-0.2, -0.15) is 0 Å². The number of halogens is 1. The van der Waals surface area contributed by atoms with Gasteiger partial charge in [0.25, 0.3) is 5.91 Å². The summed E-state index contributed by atoms with van der Waals surface area (Å²) >= 11 is 6.45. The molecule has 6 heteroatoms. The van der Waals surface area contributed by atoms with Crippen LogP contribution < -0.4 is 5.32 Å². The lowest BCUT2D eigenvalue weighted by Crippen LogP contribution is -2.27. The standard InChI is InChI=1S/C24H18ClN3O2/c25-20-14-19(23(29)22-18(20)9-5-13-27-22)21(11-10-16-6-2-1-3-7-16)28-24(30)17-8-4-12-26-15-17/h1-15,21,29H,(H,28,30). The molecule has 0 bridgehead atoms. The van der Waals surface area contributed by atoms with E-state index in [0.29, 0.717) is 27.1 Å². The third kappa shape index (κ3) is 4.16. The summed E-state index contributed by atoms with van der Waals surface area (Å²) < 4.78 is 0. The van der Waals surface area contributed by atoms with Crippen LogP contribution >= 0.6 is 11.6 Å². The molecule has 4 rings (SSSR count). The second-order valence-corrected chi connectivity index (χ2v) is 7.07. The molecule has 0 saturated carbocycles. The number of carbonyl (C=O) groups excluding carboxylic acids is 1. The number of aromatic nitrogens is 2. The fraction of sp³-hybridized carbons (Fsp3) is 0.0417. The zero-order chi connectivity index (χ0) is 20.9. The molecule has 1 atom stereocenters. The molecule has 0 spiro atoms. The molecule has 1 amide bonds. The van der Waals surface area contributed by atoms with Gasteiger partial charge in [-0.3, -0.25) is 14.8 Å². The average molecular weight is 416 g/mol. The van der Waals surface area contributed by atoms with Crippen molar-refractivity contribution < 1.29 is 9.90 Å². The number of carbonyl (C=O) groups is 1. The Hall–Kier alpha value is -3.70. The second kappa shape index (κ2) is 8.76. The molecule has 30 heavy (non-hydrogen) atoms. The third-order valence-corrected chi connectivity index (χ3v) is 4.98. The highest BCUT2D eigenvalue weighted by atomic mass is 35.5. The molecule has 5 nitrogen and oxygen atoms in total. The number of phenolic OH excluding ortho intramolecular Hbond substituents is 1. The number of benzene rings is 2. The zero-order valence-corrected chi connectivity index (χ0v) is 16.6. The van der Waals surface area contributed by atoms with Crippen molar-refractivity contribution in [1.29, 1.82) is 0 Å². The van der Waals surface area contributed by atoms with Crippen LogP contribution in [0.1, 0.15) is 27.5 Å². The summed E-state index contributed by atoms with van der Waals surface area (Å²) in [6.07, 6.45) is 8.37. The molecule has 4 aromatic rings. The number of rotatable bonds is 5. The number of aromatic hydroxyl groups is 1. The Morgan fingerprint density at radius 3 is 2.63 bits per heavy atom. The highest BCUT2D eigenvalue weighted by Gasteiger charge is 2.20. The van der Waals surface area contributed by atoms with Crippen LogP contribution in [0.5, 0.6) is 5.75 Å². The Balaban J connectivity index is 1.77. The van der Waals surface area contributed by atoms with Gasteiger partial charge >= 0.3 is 0 Å². The Kier molecular flexibility index (Phi) is 5.72. The summed E-state index contributed by atoms with van der Waals surface area (Å²) in [6, 6.07) is 17.6. The van der Waals surface area contributed by atoms with Gasteiger partial charge in [-0.05, 0) is 35.9 Å². The SMILES string of the molecule is O=C(NC(C=Cc1ccccc1)c1cc(Cl)c2cccnc2c1O)c1cccnc1. The lowest BCUT2D eigenvalue weighted by atomic mass is 10.0. The summed E-state index contributed by atoms with van der Waals surface area (Å²) in [4.78, 5) is 21.0. The quantitative estimate of drug-likeness (QED) is 0.471. The van der Waals surface area contributed by atoms with E-state index in [-0.39, 0.29) is 11.7 Å². The molecule has 0 aliphatic heterocycles. The summed E-state index contributed by atoms with van der Waals surface area (Å²) in [5, 5.41) is 14.9. The molecule has 0 aliphatic rings. The van der Waals surface area contributed by atoms with Gasteiger partial charge in [0, 0.05) is 29.5 Å². The molecule has 2 aromatic heterocycles. The van der Waals surface area contributed by atoms with Crippen LogP contribution in [0.25, 0.3) is 17.0 Å². The first-order valence-corrected chi connectivity index (χ1v) is 9.71. The maximum absolute atomic E-state index is 12.8. The van der Waals surface area contributed by atoms with Crippen molar-refractivity contribution in [2.45, 2.75) is 6.04 Å². The highest BCUT2D eigenvalue weighted by Crippen LogP contribution is 2.36. The largest absolute Gasteiger partial charge is 0.505 e. The molecule has 2 N–H and O–H groups in total. The number of fused-ring (bicyclic) bond motifs is 1. The monoisotopic (exact) mass is 415 g/mol. The van der Waals surface area contributed by atoms with E-state index in [0.717, 1.165) is 5.56 Å². The van der Waals surface area contributed by atoms with Gasteiger partial charge in [-0.25, -0.2) is 0 Å². The van der Waals surface area contributed by atoms with E-state index in [1.165, 1.54) is 6.20 Å². The predicted molar refractivity (Wildman–Crippen MR) is 118 cm³/mol. The Labute approximate surface area is 178 Å². The summed E-state index contributed by atoms with van der Waals surface area (Å²) in [7, 11) is 0. The van der Waals surface area contributed by atoms with Gasteiger partial charge in [0.15, 0.2) is 0 Å². The highest BCUT2D eigenvalue weighted by molar-refractivity contribution is 6.35. The molecule has 0 saturated heterocycles. The first kappa shape index (κ1) is 19.6. The van der Waals surface area contributed by atoms with Crippen LogP contribution in [0.4, 0.5) is 0 Å². The van der Waals surface area contributed by atoms with Crippen molar-refractivity contribution in [3.05, 3.63) is 107 Å². The van der Waals surface area contributed by atoms with Crippen molar-refractivity contribution in [2.24, 2.45) is 0 Å². The van der Waals surface area contributed by atoms with Gasteiger partial charge in [0.2, 0.25) is 0 Å². The molecule has 0 fully saturated rings. The molecule has 1 unspecified atom stereocenters. The van der Waals surface area contributed by atoms with Crippen LogP contribution in [0.2, 0.25) is 5.02 Å². The first-order chi connectivity index (χ1) is 14.6. The number of amides is 1. The van der Waals surface area contributed by atoms with Crippen LogP contribution in [0.3, 0.4) is 0 Å². The van der Waals surface area contributed by atoms with Crippen molar-refractivity contribution in [1.82, 2.24) is 15.3 Å². The van der Waals surface area contributed by atoms with E-state index < -0.39 is 6.04 Å². The van der Waals surface area contributed by atoms with Crippen LogP contribution in [0, 0.1) is 0 Å². The normalized spacial score (nSPS) is 12.2. The fourth-order valence-corrected chi connectivity index (χ4v) is 3.44. The van der Waals surface area contributed by atoms with Crippen molar-refractivity contribution >= 4 is 34.5 Å². The molecule has 0 aliphatic carbocycles. The van der Waals surface area contributed by atoms with Gasteiger partial charge in [-0.15, -0.1) is 0 Å². The first-order valence-electron chi connectivity index (χ1n) is 9.34. The van der Waals surface area contributed by atoms with Crippen molar-refractivity contribution in [3.8, 4) is 5.75 Å². The van der Waals surface area contributed by atoms with E-state index in [2.05, 4.69) is 15.3 Å². The minimum Gasteiger partial charge on any atom is -0.505 e. The second-order valence-electron chi connectivity index (χ2n) is 6.66. The molecule has 2 aromatic carbocycles. The summed E-state index contributed by atoms with van der Waals surface area (Å²) in [6.45, 7) is 0. The zero-order valence-electron chi connectivity index (χ0n) is 15.9.